The predicted octanol–water partition coefficient (Wildman–Crippen LogP) is 6.05. The van der Waals surface area contributed by atoms with E-state index in [1.807, 2.05) is 50.8 Å². The van der Waals surface area contributed by atoms with Gasteiger partial charge in [-0.2, -0.15) is 10.4 Å². The summed E-state index contributed by atoms with van der Waals surface area (Å²) in [5.74, 6) is -1.38. The summed E-state index contributed by atoms with van der Waals surface area (Å²) in [6.07, 6.45) is 4.66. The van der Waals surface area contributed by atoms with Crippen molar-refractivity contribution in [3.63, 3.8) is 0 Å². The number of carbonyl (C=O) groups is 2. The van der Waals surface area contributed by atoms with Crippen LogP contribution in [0, 0.1) is 35.6 Å². The third-order valence-corrected chi connectivity index (χ3v) is 9.50. The number of nitriles is 1. The maximum absolute atomic E-state index is 16.7. The Kier molecular flexibility index (Phi) is 9.00. The van der Waals surface area contributed by atoms with Crippen LogP contribution in [0.3, 0.4) is 0 Å². The number of halogens is 1. The molecule has 2 N–H and O–H groups in total. The van der Waals surface area contributed by atoms with Crippen molar-refractivity contribution in [1.82, 2.24) is 34.9 Å². The van der Waals surface area contributed by atoms with E-state index in [2.05, 4.69) is 28.2 Å². The van der Waals surface area contributed by atoms with E-state index >= 15 is 4.39 Å². The second-order valence-corrected chi connectivity index (χ2v) is 12.8. The average Bonchev–Trinajstić information content (AvgIpc) is 3.56. The summed E-state index contributed by atoms with van der Waals surface area (Å²) >= 11 is 6.22. The second kappa shape index (κ2) is 13.2. The summed E-state index contributed by atoms with van der Waals surface area (Å²) in [6.45, 7) is 12.2. The quantitative estimate of drug-likeness (QED) is 0.157. The zero-order valence-electron chi connectivity index (χ0n) is 28.0. The first kappa shape index (κ1) is 33.4. The topological polar surface area (TPSA) is 136 Å². The fraction of sp³-hybridized carbons (Fsp3) is 0.306. The van der Waals surface area contributed by atoms with Crippen molar-refractivity contribution in [1.29, 1.82) is 5.26 Å². The molecule has 0 radical (unpaired) electrons. The summed E-state index contributed by atoms with van der Waals surface area (Å²) in [6, 6.07) is 8.71. The Morgan fingerprint density at radius 1 is 1.20 bits per heavy atom. The number of hydrogen-bond acceptors (Lipinski definition) is 8. The Balaban J connectivity index is 1.76. The Morgan fingerprint density at radius 3 is 2.67 bits per heavy atom. The Bertz CT molecular complexity index is 2270. The van der Waals surface area contributed by atoms with Gasteiger partial charge in [0.15, 0.2) is 0 Å². The molecule has 0 saturated carbocycles. The number of rotatable bonds is 7. The number of pyridine rings is 3. The molecule has 5 heterocycles. The van der Waals surface area contributed by atoms with Crippen LogP contribution in [0.5, 0.6) is 0 Å². The van der Waals surface area contributed by atoms with Gasteiger partial charge in [-0.15, -0.1) is 0 Å². The first-order chi connectivity index (χ1) is 23.5. The predicted molar refractivity (Wildman–Crippen MR) is 190 cm³/mol. The molecule has 1 atom stereocenters. The van der Waals surface area contributed by atoms with Crippen LogP contribution in [0.4, 0.5) is 10.1 Å². The van der Waals surface area contributed by atoms with Gasteiger partial charge in [0.25, 0.3) is 5.91 Å². The lowest BCUT2D eigenvalue weighted by molar-refractivity contribution is -0.128. The minimum absolute atomic E-state index is 0.0287. The number of fused-ring (bicyclic) bond motifs is 2. The summed E-state index contributed by atoms with van der Waals surface area (Å²) in [5, 5.41) is 20.6. The number of aromatic amines is 1. The van der Waals surface area contributed by atoms with E-state index in [-0.39, 0.29) is 47.2 Å². The van der Waals surface area contributed by atoms with Gasteiger partial charge in [-0.3, -0.25) is 24.2 Å². The number of piperazine rings is 1. The number of anilines is 1. The summed E-state index contributed by atoms with van der Waals surface area (Å²) in [5.41, 5.74) is 5.34. The molecular weight excluding hydrogens is 642 g/mol. The van der Waals surface area contributed by atoms with Crippen LogP contribution in [0.1, 0.15) is 53.4 Å². The molecule has 11 nitrogen and oxygen atoms in total. The van der Waals surface area contributed by atoms with E-state index in [0.29, 0.717) is 39.9 Å². The molecule has 0 unspecified atom stereocenters. The van der Waals surface area contributed by atoms with E-state index < -0.39 is 17.8 Å². The van der Waals surface area contributed by atoms with Gasteiger partial charge in [0.2, 0.25) is 5.91 Å². The molecule has 1 aromatic carbocycles. The zero-order chi connectivity index (χ0) is 35.1. The minimum Gasteiger partial charge on any atom is -0.366 e. The molecular formula is C36H36FN9O2S. The molecule has 5 aromatic rings. The highest BCUT2D eigenvalue weighted by atomic mass is 32.1. The monoisotopic (exact) mass is 677 g/mol. The summed E-state index contributed by atoms with van der Waals surface area (Å²) < 4.78 is 18.7. The molecule has 13 heteroatoms. The van der Waals surface area contributed by atoms with Gasteiger partial charge in [0, 0.05) is 49.2 Å². The molecule has 0 spiro atoms. The molecule has 0 aliphatic carbocycles. The summed E-state index contributed by atoms with van der Waals surface area (Å²) in [4.78, 5) is 39.9. The molecule has 1 fully saturated rings. The van der Waals surface area contributed by atoms with Crippen LogP contribution in [-0.2, 0) is 4.79 Å². The van der Waals surface area contributed by atoms with Gasteiger partial charge in [0.1, 0.15) is 21.8 Å². The minimum atomic E-state index is -0.599. The second-order valence-electron chi connectivity index (χ2n) is 12.4. The van der Waals surface area contributed by atoms with E-state index in [9.17, 15) is 14.9 Å². The van der Waals surface area contributed by atoms with Gasteiger partial charge < -0.3 is 15.1 Å². The molecule has 4 aromatic heterocycles. The lowest BCUT2D eigenvalue weighted by Crippen LogP contribution is -2.55. The normalized spacial score (nSPS) is 14.8. The van der Waals surface area contributed by atoms with Crippen LogP contribution in [0.25, 0.3) is 38.9 Å². The first-order valence-electron chi connectivity index (χ1n) is 16.0. The number of nitrogens with zero attached hydrogens (tertiary/aromatic N) is 7. The molecule has 1 aliphatic rings. The van der Waals surface area contributed by atoms with Crippen LogP contribution in [0.2, 0.25) is 0 Å². The lowest BCUT2D eigenvalue weighted by atomic mass is 9.98. The average molecular weight is 678 g/mol. The molecule has 1 saturated heterocycles. The highest BCUT2D eigenvalue weighted by molar-refractivity contribution is 7.71. The van der Waals surface area contributed by atoms with Gasteiger partial charge in [0.05, 0.1) is 52.9 Å². The third kappa shape index (κ3) is 5.61. The fourth-order valence-electron chi connectivity index (χ4n) is 6.78. The molecule has 250 valence electrons. The van der Waals surface area contributed by atoms with Gasteiger partial charge in [-0.25, -0.2) is 9.37 Å². The number of aryl methyl sites for hydroxylation is 2. The maximum atomic E-state index is 16.7. The smallest absolute Gasteiger partial charge is 0.256 e. The van der Waals surface area contributed by atoms with Crippen molar-refractivity contribution in [2.45, 2.75) is 46.1 Å². The fourth-order valence-corrected chi connectivity index (χ4v) is 7.15. The van der Waals surface area contributed by atoms with Crippen LogP contribution >= 0.6 is 12.2 Å². The highest BCUT2D eigenvalue weighted by Crippen LogP contribution is 2.40. The Labute approximate surface area is 288 Å². The third-order valence-electron chi connectivity index (χ3n) is 9.11. The maximum Gasteiger partial charge on any atom is 0.256 e. The number of nitrogens with one attached hydrogen (secondary N) is 2. The Morgan fingerprint density at radius 2 is 1.98 bits per heavy atom. The van der Waals surface area contributed by atoms with Crippen molar-refractivity contribution in [2.24, 2.45) is 0 Å². The zero-order valence-corrected chi connectivity index (χ0v) is 28.8. The molecule has 49 heavy (non-hydrogen) atoms. The van der Waals surface area contributed by atoms with Crippen LogP contribution < -0.4 is 10.2 Å². The first-order valence-corrected chi connectivity index (χ1v) is 16.4. The van der Waals surface area contributed by atoms with Crippen molar-refractivity contribution < 1.29 is 14.0 Å². The van der Waals surface area contributed by atoms with Gasteiger partial charge in [-0.1, -0.05) is 38.7 Å². The van der Waals surface area contributed by atoms with Gasteiger partial charge >= 0.3 is 0 Å². The number of aromatic nitrogens is 5. The van der Waals surface area contributed by atoms with Crippen molar-refractivity contribution >= 4 is 51.7 Å². The van der Waals surface area contributed by atoms with Gasteiger partial charge in [-0.05, 0) is 55.2 Å². The van der Waals surface area contributed by atoms with E-state index in [0.717, 1.165) is 22.3 Å². The van der Waals surface area contributed by atoms with E-state index in [4.69, 9.17) is 22.2 Å². The van der Waals surface area contributed by atoms with Crippen molar-refractivity contribution in [3.05, 3.63) is 82.2 Å². The number of amides is 2. The molecule has 6 rings (SSSR count). The number of benzene rings is 1. The number of hydrogen-bond donors (Lipinski definition) is 2. The number of H-pyrrole nitrogens is 1. The molecule has 0 bridgehead atoms. The highest BCUT2D eigenvalue weighted by Gasteiger charge is 2.34. The van der Waals surface area contributed by atoms with E-state index in [1.165, 1.54) is 19.2 Å². The SMILES string of the molecule is C=CC(=O)N1CCN(c2c(C(=O)NC)c(=S)n(-c3c(C)ccnc3C(C)C)c3nc(-c4c(C)ccc5[nH]ncc45)c(F)cc23)C[C@@H]1CC#N. The molecule has 2 amide bonds. The molecule has 1 aliphatic heterocycles. The van der Waals surface area contributed by atoms with Crippen molar-refractivity contribution in [2.75, 3.05) is 31.6 Å². The summed E-state index contributed by atoms with van der Waals surface area (Å²) in [7, 11) is 1.51. The Hall–Kier alpha value is -5.48. The largest absolute Gasteiger partial charge is 0.366 e. The standard InChI is InChI=1S/C36H36FN9O2S/c1-7-27(47)45-15-14-44(18-22(45)10-12-38)33-23-16-25(37)31(28-20(4)8-9-26-24(28)17-41-43-26)42-34(23)46(36(49)29(33)35(48)39-6)32-21(5)11-13-40-30(32)19(2)3/h7-9,11,13,16-17,19,22H,1,10,14-15,18H2,2-6H3,(H,39,48)(H,41,43)/t22-/m0/s1. The van der Waals surface area contributed by atoms with Crippen LogP contribution in [0.15, 0.2) is 49.3 Å². The number of carbonyl (C=O) groups excluding carboxylic acids is 2. The van der Waals surface area contributed by atoms with Crippen LogP contribution in [-0.4, -0.2) is 74.2 Å². The van der Waals surface area contributed by atoms with E-state index in [1.54, 1.807) is 21.9 Å². The van der Waals surface area contributed by atoms with Crippen molar-refractivity contribution in [3.8, 4) is 23.0 Å². The lowest BCUT2D eigenvalue weighted by Gasteiger charge is -2.42.